The summed E-state index contributed by atoms with van der Waals surface area (Å²) in [5.74, 6) is -2.51. The molecular formula is C23H24N2O6S. The third-order valence-electron chi connectivity index (χ3n) is 5.02. The molecule has 2 heterocycles. The summed E-state index contributed by atoms with van der Waals surface area (Å²) in [7, 11) is 0.547. The third-order valence-corrected chi connectivity index (χ3v) is 6.79. The highest BCUT2D eigenvalue weighted by atomic mass is 32.2. The largest absolute Gasteiger partial charge is 0.478 e. The van der Waals surface area contributed by atoms with Crippen molar-refractivity contribution in [3.63, 3.8) is 0 Å². The van der Waals surface area contributed by atoms with Gasteiger partial charge in [-0.3, -0.25) is 0 Å². The summed E-state index contributed by atoms with van der Waals surface area (Å²) in [6, 6.07) is 13.4. The summed E-state index contributed by atoms with van der Waals surface area (Å²) in [6.07, 6.45) is 1.93. The topological polar surface area (TPSA) is 117 Å². The maximum Gasteiger partial charge on any atom is 0.328 e. The van der Waals surface area contributed by atoms with Crippen LogP contribution in [0.1, 0.15) is 11.1 Å². The van der Waals surface area contributed by atoms with Gasteiger partial charge in [0.15, 0.2) is 0 Å². The van der Waals surface area contributed by atoms with E-state index in [1.807, 2.05) is 57.4 Å². The van der Waals surface area contributed by atoms with Crippen LogP contribution >= 0.6 is 0 Å². The number of benzene rings is 2. The Morgan fingerprint density at radius 1 is 1.03 bits per heavy atom. The number of carboxylic acid groups (broad SMARTS) is 2. The summed E-state index contributed by atoms with van der Waals surface area (Å²) in [5, 5.41) is 16.7. The number of aliphatic carboxylic acids is 2. The van der Waals surface area contributed by atoms with E-state index in [1.165, 1.54) is 3.97 Å². The number of aromatic nitrogens is 1. The number of carbonyl (C=O) groups is 2. The van der Waals surface area contributed by atoms with Gasteiger partial charge in [0.2, 0.25) is 0 Å². The number of hydrogen-bond acceptors (Lipinski definition) is 5. The van der Waals surface area contributed by atoms with Crippen molar-refractivity contribution in [2.75, 3.05) is 20.6 Å². The minimum atomic E-state index is -3.52. The van der Waals surface area contributed by atoms with Crippen LogP contribution in [0.4, 0.5) is 0 Å². The molecule has 8 nitrogen and oxygen atoms in total. The summed E-state index contributed by atoms with van der Waals surface area (Å²) in [5.41, 5.74) is 4.64. The molecule has 0 amide bonds. The SMILES string of the molecule is Cc1ccc2c(c1)-c1c(CCN(C)C)c3ccccc3n1S2(=O)=O.O=C(O)/C=C\C(=O)O. The van der Waals surface area contributed by atoms with Crippen LogP contribution in [0.15, 0.2) is 59.5 Å². The number of carboxylic acids is 2. The highest BCUT2D eigenvalue weighted by Crippen LogP contribution is 2.45. The highest BCUT2D eigenvalue weighted by Gasteiger charge is 2.36. The number of rotatable bonds is 5. The van der Waals surface area contributed by atoms with Crippen LogP contribution in [0.3, 0.4) is 0 Å². The van der Waals surface area contributed by atoms with Crippen LogP contribution in [-0.2, 0) is 26.0 Å². The number of para-hydroxylation sites is 1. The Morgan fingerprint density at radius 2 is 1.66 bits per heavy atom. The Hall–Kier alpha value is -3.43. The lowest BCUT2D eigenvalue weighted by molar-refractivity contribution is -0.134. The van der Waals surface area contributed by atoms with E-state index >= 15 is 0 Å². The first-order chi connectivity index (χ1) is 15.0. The van der Waals surface area contributed by atoms with Crippen molar-refractivity contribution in [1.29, 1.82) is 0 Å². The number of nitrogens with zero attached hydrogens (tertiary/aromatic N) is 2. The number of aryl methyl sites for hydroxylation is 1. The van der Waals surface area contributed by atoms with Gasteiger partial charge in [0.1, 0.15) is 0 Å². The molecule has 2 aromatic carbocycles. The Kier molecular flexibility index (Phi) is 6.52. The molecule has 0 unspecified atom stereocenters. The Bertz CT molecular complexity index is 1320. The van der Waals surface area contributed by atoms with Gasteiger partial charge in [-0.2, -0.15) is 0 Å². The van der Waals surface area contributed by atoms with Crippen LogP contribution in [0.25, 0.3) is 22.2 Å². The first-order valence-electron chi connectivity index (χ1n) is 9.81. The Morgan fingerprint density at radius 3 is 2.25 bits per heavy atom. The molecule has 3 aromatic rings. The van der Waals surface area contributed by atoms with Gasteiger partial charge in [-0.15, -0.1) is 0 Å². The molecule has 32 heavy (non-hydrogen) atoms. The van der Waals surface area contributed by atoms with Crippen molar-refractivity contribution >= 4 is 32.9 Å². The van der Waals surface area contributed by atoms with Crippen molar-refractivity contribution in [3.8, 4) is 11.3 Å². The van der Waals surface area contributed by atoms with Crippen molar-refractivity contribution < 1.29 is 28.2 Å². The van der Waals surface area contributed by atoms with Crippen LogP contribution in [-0.4, -0.2) is 60.1 Å². The van der Waals surface area contributed by atoms with Crippen LogP contribution in [0.2, 0.25) is 0 Å². The van der Waals surface area contributed by atoms with Crippen LogP contribution in [0.5, 0.6) is 0 Å². The molecule has 0 fully saturated rings. The molecule has 0 aliphatic carbocycles. The maximum atomic E-state index is 13.1. The van der Waals surface area contributed by atoms with E-state index in [1.54, 1.807) is 6.07 Å². The van der Waals surface area contributed by atoms with E-state index in [0.717, 1.165) is 46.3 Å². The molecule has 2 N–H and O–H groups in total. The fourth-order valence-corrected chi connectivity index (χ4v) is 5.42. The summed E-state index contributed by atoms with van der Waals surface area (Å²) in [6.45, 7) is 2.87. The second kappa shape index (κ2) is 8.97. The van der Waals surface area contributed by atoms with E-state index < -0.39 is 22.0 Å². The molecule has 1 aliphatic heterocycles. The molecule has 1 aromatic heterocycles. The molecule has 0 saturated heterocycles. The number of hydrogen-bond donors (Lipinski definition) is 2. The second-order valence-corrected chi connectivity index (χ2v) is 9.43. The molecule has 4 rings (SSSR count). The molecule has 0 radical (unpaired) electrons. The van der Waals surface area contributed by atoms with Gasteiger partial charge < -0.3 is 15.1 Å². The summed E-state index contributed by atoms with van der Waals surface area (Å²) < 4.78 is 27.7. The average Bonchev–Trinajstić information content (AvgIpc) is 3.16. The first-order valence-corrected chi connectivity index (χ1v) is 11.3. The van der Waals surface area contributed by atoms with Gasteiger partial charge in [0, 0.05) is 29.6 Å². The van der Waals surface area contributed by atoms with E-state index in [0.29, 0.717) is 17.0 Å². The fourth-order valence-electron chi connectivity index (χ4n) is 3.68. The molecular weight excluding hydrogens is 432 g/mol. The minimum Gasteiger partial charge on any atom is -0.478 e. The number of likely N-dealkylation sites (N-methyl/N-ethyl adjacent to an activating group) is 1. The average molecular weight is 457 g/mol. The predicted octanol–water partition coefficient (Wildman–Crippen LogP) is 2.98. The zero-order valence-corrected chi connectivity index (χ0v) is 18.8. The van der Waals surface area contributed by atoms with E-state index in [9.17, 15) is 18.0 Å². The molecule has 0 saturated carbocycles. The van der Waals surface area contributed by atoms with E-state index in [2.05, 4.69) is 4.90 Å². The fraction of sp³-hybridized carbons (Fsp3) is 0.217. The minimum absolute atomic E-state index is 0.417. The van der Waals surface area contributed by atoms with Crippen molar-refractivity contribution in [2.45, 2.75) is 18.2 Å². The van der Waals surface area contributed by atoms with Gasteiger partial charge in [0.25, 0.3) is 10.0 Å². The Balaban J connectivity index is 0.000000312. The van der Waals surface area contributed by atoms with Gasteiger partial charge >= 0.3 is 11.9 Å². The molecule has 0 spiro atoms. The quantitative estimate of drug-likeness (QED) is 0.443. The lowest BCUT2D eigenvalue weighted by Crippen LogP contribution is -2.15. The zero-order valence-electron chi connectivity index (χ0n) is 17.9. The maximum absolute atomic E-state index is 13.1. The zero-order chi connectivity index (χ0) is 23.6. The normalized spacial score (nSPS) is 13.6. The highest BCUT2D eigenvalue weighted by molar-refractivity contribution is 7.90. The molecule has 168 valence electrons. The summed E-state index contributed by atoms with van der Waals surface area (Å²) in [4.78, 5) is 21.6. The molecule has 1 aliphatic rings. The lowest BCUT2D eigenvalue weighted by Gasteiger charge is -2.10. The van der Waals surface area contributed by atoms with Crippen LogP contribution in [0, 0.1) is 6.92 Å². The standard InChI is InChI=1S/C19H20N2O2S.C4H4O4/c1-13-8-9-18-16(12-13)19-15(10-11-20(2)3)14-6-4-5-7-17(14)21(19)24(18,22)23;5-3(6)1-2-4(7)8/h4-9,12H,10-11H2,1-3H3;1-2H,(H,5,6)(H,7,8)/b;2-1-. The molecule has 0 atom stereocenters. The van der Waals surface area contributed by atoms with Gasteiger partial charge in [-0.05, 0) is 51.2 Å². The van der Waals surface area contributed by atoms with Crippen molar-refractivity contribution in [2.24, 2.45) is 0 Å². The van der Waals surface area contributed by atoms with Crippen LogP contribution < -0.4 is 0 Å². The van der Waals surface area contributed by atoms with Gasteiger partial charge in [-0.25, -0.2) is 22.0 Å². The van der Waals surface area contributed by atoms with Crippen molar-refractivity contribution in [1.82, 2.24) is 8.87 Å². The van der Waals surface area contributed by atoms with E-state index in [4.69, 9.17) is 10.2 Å². The third kappa shape index (κ3) is 4.44. The lowest BCUT2D eigenvalue weighted by atomic mass is 10.0. The Labute approximate surface area is 186 Å². The monoisotopic (exact) mass is 456 g/mol. The second-order valence-electron chi connectivity index (χ2n) is 7.68. The molecule has 9 heteroatoms. The molecule has 0 bridgehead atoms. The summed E-state index contributed by atoms with van der Waals surface area (Å²) >= 11 is 0. The first kappa shape index (κ1) is 23.2. The van der Waals surface area contributed by atoms with E-state index in [-0.39, 0.29) is 0 Å². The smallest absolute Gasteiger partial charge is 0.328 e. The number of fused-ring (bicyclic) bond motifs is 5. The van der Waals surface area contributed by atoms with Gasteiger partial charge in [-0.1, -0.05) is 29.8 Å². The predicted molar refractivity (Wildman–Crippen MR) is 121 cm³/mol. The van der Waals surface area contributed by atoms with Crippen molar-refractivity contribution in [3.05, 3.63) is 65.7 Å². The van der Waals surface area contributed by atoms with Gasteiger partial charge in [0.05, 0.1) is 16.1 Å².